The van der Waals surface area contributed by atoms with Crippen molar-refractivity contribution in [1.82, 2.24) is 0 Å². The summed E-state index contributed by atoms with van der Waals surface area (Å²) in [5.74, 6) is 1.71. The zero-order valence-corrected chi connectivity index (χ0v) is 13.7. The molecule has 4 heteroatoms. The zero-order valence-electron chi connectivity index (χ0n) is 11.3. The first-order valence-electron chi connectivity index (χ1n) is 6.97. The van der Waals surface area contributed by atoms with Crippen LogP contribution in [0, 0.1) is 5.92 Å². The van der Waals surface area contributed by atoms with Crippen LogP contribution in [0.5, 0.6) is 5.75 Å². The van der Waals surface area contributed by atoms with Crippen LogP contribution in [0.2, 0.25) is 5.02 Å². The quantitative estimate of drug-likeness (QED) is 0.760. The van der Waals surface area contributed by atoms with Crippen molar-refractivity contribution in [1.29, 1.82) is 0 Å². The third-order valence-corrected chi connectivity index (χ3v) is 4.61. The van der Waals surface area contributed by atoms with Crippen LogP contribution in [0.4, 0.5) is 5.69 Å². The molecule has 0 heterocycles. The molecule has 2 nitrogen and oxygen atoms in total. The topological polar surface area (TPSA) is 21.3 Å². The molecule has 19 heavy (non-hydrogen) atoms. The number of methoxy groups -OCH3 is 1. The van der Waals surface area contributed by atoms with Crippen molar-refractivity contribution in [3.63, 3.8) is 0 Å². The van der Waals surface area contributed by atoms with Gasteiger partial charge in [-0.1, -0.05) is 43.7 Å². The third-order valence-electron chi connectivity index (χ3n) is 3.81. The number of ether oxygens (including phenoxy) is 1. The van der Waals surface area contributed by atoms with Gasteiger partial charge in [0.2, 0.25) is 0 Å². The number of anilines is 1. The van der Waals surface area contributed by atoms with Gasteiger partial charge in [0.15, 0.2) is 5.75 Å². The summed E-state index contributed by atoms with van der Waals surface area (Å²) in [6.07, 6.45) is 8.22. The molecule has 2 rings (SSSR count). The number of nitrogens with one attached hydrogen (secondary N) is 1. The number of hydrogen-bond donors (Lipinski definition) is 1. The lowest BCUT2D eigenvalue weighted by Crippen LogP contribution is -2.12. The summed E-state index contributed by atoms with van der Waals surface area (Å²) < 4.78 is 6.30. The molecule has 1 aliphatic rings. The van der Waals surface area contributed by atoms with E-state index in [4.69, 9.17) is 16.3 Å². The number of hydrogen-bond acceptors (Lipinski definition) is 2. The van der Waals surface area contributed by atoms with E-state index in [2.05, 4.69) is 21.2 Å². The Balaban J connectivity index is 1.91. The summed E-state index contributed by atoms with van der Waals surface area (Å²) in [5, 5.41) is 4.17. The van der Waals surface area contributed by atoms with Crippen LogP contribution in [0.25, 0.3) is 0 Å². The molecule has 0 aliphatic heterocycles. The van der Waals surface area contributed by atoms with Gasteiger partial charge in [-0.25, -0.2) is 0 Å². The van der Waals surface area contributed by atoms with E-state index in [0.29, 0.717) is 5.02 Å². The standard InChI is InChI=1S/C15H21BrClNO/c1-19-15-13(16)9-12(17)10-14(15)18-8-7-11-5-3-2-4-6-11/h9-11,18H,2-8H2,1H3. The summed E-state index contributed by atoms with van der Waals surface area (Å²) >= 11 is 9.56. The minimum atomic E-state index is 0.716. The highest BCUT2D eigenvalue weighted by atomic mass is 79.9. The highest BCUT2D eigenvalue weighted by Gasteiger charge is 2.14. The van der Waals surface area contributed by atoms with Gasteiger partial charge in [-0.3, -0.25) is 0 Å². The third kappa shape index (κ3) is 4.28. The summed E-state index contributed by atoms with van der Waals surface area (Å²) in [4.78, 5) is 0. The fourth-order valence-corrected chi connectivity index (χ4v) is 3.76. The van der Waals surface area contributed by atoms with E-state index >= 15 is 0 Å². The molecule has 0 unspecified atom stereocenters. The SMILES string of the molecule is COc1c(Br)cc(Cl)cc1NCCC1CCCCC1. The molecule has 0 saturated heterocycles. The molecule has 0 spiro atoms. The van der Waals surface area contributed by atoms with E-state index in [1.807, 2.05) is 12.1 Å². The van der Waals surface area contributed by atoms with Crippen molar-refractivity contribution in [3.05, 3.63) is 21.6 Å². The molecular weight excluding hydrogens is 326 g/mol. The normalized spacial score (nSPS) is 16.4. The number of benzene rings is 1. The monoisotopic (exact) mass is 345 g/mol. The predicted molar refractivity (Wildman–Crippen MR) is 85.4 cm³/mol. The molecule has 1 aromatic carbocycles. The largest absolute Gasteiger partial charge is 0.493 e. The van der Waals surface area contributed by atoms with Crippen LogP contribution < -0.4 is 10.1 Å². The summed E-state index contributed by atoms with van der Waals surface area (Å²) in [6, 6.07) is 3.78. The van der Waals surface area contributed by atoms with Crippen molar-refractivity contribution in [2.45, 2.75) is 38.5 Å². The summed E-state index contributed by atoms with van der Waals surface area (Å²) in [6.45, 7) is 0.980. The molecule has 0 radical (unpaired) electrons. The molecule has 1 saturated carbocycles. The van der Waals surface area contributed by atoms with Gasteiger partial charge in [-0.05, 0) is 40.4 Å². The molecule has 0 aromatic heterocycles. The Morgan fingerprint density at radius 1 is 1.32 bits per heavy atom. The van der Waals surface area contributed by atoms with E-state index in [9.17, 15) is 0 Å². The Morgan fingerprint density at radius 3 is 2.74 bits per heavy atom. The Kier molecular flexibility index (Phi) is 5.83. The van der Waals surface area contributed by atoms with Crippen LogP contribution in [0.1, 0.15) is 38.5 Å². The Morgan fingerprint density at radius 2 is 2.05 bits per heavy atom. The van der Waals surface area contributed by atoms with Crippen LogP contribution in [0.15, 0.2) is 16.6 Å². The van der Waals surface area contributed by atoms with Crippen LogP contribution in [-0.4, -0.2) is 13.7 Å². The maximum Gasteiger partial charge on any atom is 0.156 e. The van der Waals surface area contributed by atoms with Gasteiger partial charge in [0.1, 0.15) is 0 Å². The van der Waals surface area contributed by atoms with Crippen LogP contribution >= 0.6 is 27.5 Å². The lowest BCUT2D eigenvalue weighted by molar-refractivity contribution is 0.345. The number of rotatable bonds is 5. The van der Waals surface area contributed by atoms with Gasteiger partial charge < -0.3 is 10.1 Å². The van der Waals surface area contributed by atoms with E-state index in [1.165, 1.54) is 38.5 Å². The van der Waals surface area contributed by atoms with Gasteiger partial charge in [0.05, 0.1) is 17.3 Å². The maximum atomic E-state index is 6.08. The molecular formula is C15H21BrClNO. The first-order chi connectivity index (χ1) is 9.20. The maximum absolute atomic E-state index is 6.08. The molecule has 0 amide bonds. The highest BCUT2D eigenvalue weighted by molar-refractivity contribution is 9.10. The predicted octanol–water partition coefficient (Wildman–Crippen LogP) is 5.49. The molecule has 106 valence electrons. The van der Waals surface area contributed by atoms with Crippen molar-refractivity contribution in [3.8, 4) is 5.75 Å². The van der Waals surface area contributed by atoms with Crippen LogP contribution in [-0.2, 0) is 0 Å². The van der Waals surface area contributed by atoms with Crippen LogP contribution in [0.3, 0.4) is 0 Å². The molecule has 0 bridgehead atoms. The average molecular weight is 347 g/mol. The molecule has 1 aliphatic carbocycles. The van der Waals surface area contributed by atoms with E-state index < -0.39 is 0 Å². The second-order valence-electron chi connectivity index (χ2n) is 5.19. The Bertz CT molecular complexity index is 419. The lowest BCUT2D eigenvalue weighted by Gasteiger charge is -2.22. The molecule has 1 fully saturated rings. The fourth-order valence-electron chi connectivity index (χ4n) is 2.79. The minimum Gasteiger partial charge on any atom is -0.493 e. The summed E-state index contributed by atoms with van der Waals surface area (Å²) in [5.41, 5.74) is 0.970. The van der Waals surface area contributed by atoms with E-state index in [-0.39, 0.29) is 0 Å². The van der Waals surface area contributed by atoms with Gasteiger partial charge in [0.25, 0.3) is 0 Å². The lowest BCUT2D eigenvalue weighted by atomic mass is 9.87. The van der Waals surface area contributed by atoms with Crippen molar-refractivity contribution >= 4 is 33.2 Å². The van der Waals surface area contributed by atoms with Crippen molar-refractivity contribution in [2.24, 2.45) is 5.92 Å². The van der Waals surface area contributed by atoms with Gasteiger partial charge in [-0.2, -0.15) is 0 Å². The smallest absolute Gasteiger partial charge is 0.156 e. The average Bonchev–Trinajstić information content (AvgIpc) is 2.39. The van der Waals surface area contributed by atoms with E-state index in [0.717, 1.165) is 28.4 Å². The molecule has 1 aromatic rings. The minimum absolute atomic E-state index is 0.716. The molecule has 0 atom stereocenters. The fraction of sp³-hybridized carbons (Fsp3) is 0.600. The van der Waals surface area contributed by atoms with Crippen molar-refractivity contribution < 1.29 is 4.74 Å². The Hall–Kier alpha value is -0.410. The van der Waals surface area contributed by atoms with Crippen molar-refractivity contribution in [2.75, 3.05) is 19.0 Å². The highest BCUT2D eigenvalue weighted by Crippen LogP contribution is 2.36. The molecule has 1 N–H and O–H groups in total. The zero-order chi connectivity index (χ0) is 13.7. The first-order valence-corrected chi connectivity index (χ1v) is 8.14. The first kappa shape index (κ1) is 15.0. The van der Waals surface area contributed by atoms with Gasteiger partial charge >= 0.3 is 0 Å². The second-order valence-corrected chi connectivity index (χ2v) is 6.48. The summed E-state index contributed by atoms with van der Waals surface area (Å²) in [7, 11) is 1.68. The van der Waals surface area contributed by atoms with Gasteiger partial charge in [0, 0.05) is 11.6 Å². The van der Waals surface area contributed by atoms with E-state index in [1.54, 1.807) is 7.11 Å². The second kappa shape index (κ2) is 7.39. The Labute approximate surface area is 129 Å². The van der Waals surface area contributed by atoms with Gasteiger partial charge in [-0.15, -0.1) is 0 Å². The number of halogens is 2.